The lowest BCUT2D eigenvalue weighted by Crippen LogP contribution is -2.48. The molecule has 14 rings (SSSR count). The van der Waals surface area contributed by atoms with Crippen molar-refractivity contribution < 1.29 is 13.7 Å². The first-order valence-corrected chi connectivity index (χ1v) is 24.4. The molecule has 12 aromatic rings. The summed E-state index contributed by atoms with van der Waals surface area (Å²) in [6.07, 6.45) is 0. The molecule has 2 aromatic heterocycles. The number of nitrogens with zero attached hydrogens (tertiary/aromatic N) is 2. The minimum Gasteiger partial charge on any atom is -0.457 e. The molecule has 6 heteroatoms. The second-order valence-corrected chi connectivity index (χ2v) is 20.2. The molecule has 0 bridgehead atoms. The van der Waals surface area contributed by atoms with Gasteiger partial charge in [0, 0.05) is 77.4 Å². The van der Waals surface area contributed by atoms with E-state index in [1.807, 2.05) is 54.6 Å². The Labute approximate surface area is 386 Å². The maximum absolute atomic E-state index is 16.6. The van der Waals surface area contributed by atoms with Crippen molar-refractivity contribution in [1.29, 1.82) is 0 Å². The van der Waals surface area contributed by atoms with Gasteiger partial charge in [0.05, 0.1) is 16.4 Å². The molecular formula is C61H39N2O3P. The van der Waals surface area contributed by atoms with Crippen LogP contribution in [0, 0.1) is 0 Å². The van der Waals surface area contributed by atoms with Crippen LogP contribution in [-0.4, -0.2) is 4.57 Å². The average molecular weight is 879 g/mol. The van der Waals surface area contributed by atoms with Crippen LogP contribution in [0.1, 0.15) is 22.3 Å². The number of fused-ring (bicyclic) bond motifs is 14. The first kappa shape index (κ1) is 38.0. The zero-order valence-corrected chi connectivity index (χ0v) is 37.0. The molecule has 10 aromatic carbocycles. The van der Waals surface area contributed by atoms with Gasteiger partial charge in [0.25, 0.3) is 0 Å². The zero-order chi connectivity index (χ0) is 44.3. The highest BCUT2D eigenvalue weighted by Gasteiger charge is 2.55. The molecule has 1 spiro atoms. The minimum absolute atomic E-state index is 0.715. The van der Waals surface area contributed by atoms with Gasteiger partial charge in [-0.2, -0.15) is 0 Å². The highest BCUT2D eigenvalue weighted by atomic mass is 31.2. The number of ether oxygens (including phenoxy) is 1. The van der Waals surface area contributed by atoms with Crippen molar-refractivity contribution in [3.05, 3.63) is 259 Å². The Morgan fingerprint density at radius 3 is 1.82 bits per heavy atom. The van der Waals surface area contributed by atoms with Crippen LogP contribution in [0.15, 0.2) is 241 Å². The fourth-order valence-electron chi connectivity index (χ4n) is 11.3. The third kappa shape index (κ3) is 5.29. The highest BCUT2D eigenvalue weighted by molar-refractivity contribution is 7.85. The molecule has 67 heavy (non-hydrogen) atoms. The van der Waals surface area contributed by atoms with Gasteiger partial charge in [-0.3, -0.25) is 0 Å². The van der Waals surface area contributed by atoms with E-state index in [1.54, 1.807) is 0 Å². The molecule has 2 aliphatic rings. The summed E-state index contributed by atoms with van der Waals surface area (Å²) >= 11 is 0. The van der Waals surface area contributed by atoms with E-state index in [-0.39, 0.29) is 0 Å². The van der Waals surface area contributed by atoms with Crippen molar-refractivity contribution in [2.24, 2.45) is 0 Å². The van der Waals surface area contributed by atoms with E-state index in [9.17, 15) is 0 Å². The van der Waals surface area contributed by atoms with Gasteiger partial charge in [0.1, 0.15) is 22.7 Å². The number of para-hydroxylation sites is 5. The zero-order valence-electron chi connectivity index (χ0n) is 36.1. The normalized spacial score (nSPS) is 17.0. The molecule has 5 nitrogen and oxygen atoms in total. The molecule has 2 aliphatic heterocycles. The Hall–Kier alpha value is -8.37. The monoisotopic (exact) mass is 878 g/mol. The van der Waals surface area contributed by atoms with Crippen molar-refractivity contribution in [1.82, 2.24) is 4.57 Å². The van der Waals surface area contributed by atoms with Gasteiger partial charge in [0.2, 0.25) is 0 Å². The van der Waals surface area contributed by atoms with Crippen molar-refractivity contribution in [3.8, 4) is 17.2 Å². The lowest BCUT2D eigenvalue weighted by Gasteiger charge is -2.47. The van der Waals surface area contributed by atoms with E-state index in [0.717, 1.165) is 111 Å². The second kappa shape index (κ2) is 14.3. The molecule has 0 radical (unpaired) electrons. The molecule has 0 amide bonds. The first-order valence-electron chi connectivity index (χ1n) is 22.7. The van der Waals surface area contributed by atoms with Gasteiger partial charge >= 0.3 is 0 Å². The molecule has 2 atom stereocenters. The predicted molar refractivity (Wildman–Crippen MR) is 274 cm³/mol. The van der Waals surface area contributed by atoms with Gasteiger partial charge in [-0.25, -0.2) is 0 Å². The minimum atomic E-state index is -3.47. The standard InChI is InChI=1S/C61H39N2O3P/c64-67(44-22-8-3-9-23-44)59-31-17-13-27-51(59)61(52-38-48-46-25-11-15-29-55(46)65-57(48)39-60(52)67)49-26-12-16-30-56(49)66-58-37-43(32-34-50(58)61)63-53-28-14-10-24-45(53)47-36-42(33-35-54(47)63)62(40-18-4-1-5-19-40)41-20-6-2-7-21-41/h1-39H. The molecule has 0 fully saturated rings. The number of aromatic nitrogens is 1. The fourth-order valence-corrected chi connectivity index (χ4v) is 14.5. The van der Waals surface area contributed by atoms with Crippen molar-refractivity contribution in [2.75, 3.05) is 4.90 Å². The van der Waals surface area contributed by atoms with Crippen LogP contribution in [0.2, 0.25) is 0 Å². The Bertz CT molecular complexity index is 3970. The van der Waals surface area contributed by atoms with Crippen LogP contribution < -0.4 is 25.6 Å². The SMILES string of the molecule is O=P1(c2ccccc2)c2ccccc2C2(c3ccccc3Oc3cc(-n4c5ccccc5c5cc(N(c6ccccc6)c6ccccc6)ccc54)ccc32)c2cc3c(cc21)oc1ccccc13. The van der Waals surface area contributed by atoms with E-state index in [1.165, 1.54) is 0 Å². The molecule has 0 saturated heterocycles. The number of rotatable bonds is 5. The lowest BCUT2D eigenvalue weighted by molar-refractivity contribution is 0.435. The van der Waals surface area contributed by atoms with E-state index >= 15 is 4.57 Å². The Kier molecular flexibility index (Phi) is 8.11. The Morgan fingerprint density at radius 1 is 0.403 bits per heavy atom. The summed E-state index contributed by atoms with van der Waals surface area (Å²) in [5.41, 5.74) is 10.9. The van der Waals surface area contributed by atoms with Gasteiger partial charge in [-0.05, 0) is 90.0 Å². The maximum Gasteiger partial charge on any atom is 0.171 e. The topological polar surface area (TPSA) is 47.6 Å². The van der Waals surface area contributed by atoms with Crippen molar-refractivity contribution in [3.63, 3.8) is 0 Å². The maximum atomic E-state index is 16.6. The summed E-state index contributed by atoms with van der Waals surface area (Å²) in [6.45, 7) is 0. The third-order valence-electron chi connectivity index (χ3n) is 14.1. The number of anilines is 3. The smallest absolute Gasteiger partial charge is 0.171 e. The lowest BCUT2D eigenvalue weighted by atomic mass is 9.63. The Morgan fingerprint density at radius 2 is 1.03 bits per heavy atom. The largest absolute Gasteiger partial charge is 0.457 e. The van der Waals surface area contributed by atoms with E-state index in [4.69, 9.17) is 9.15 Å². The molecule has 0 N–H and O–H groups in total. The van der Waals surface area contributed by atoms with Gasteiger partial charge in [0.15, 0.2) is 7.14 Å². The summed E-state index contributed by atoms with van der Waals surface area (Å²) in [4.78, 5) is 2.31. The molecule has 4 heterocycles. The molecule has 0 saturated carbocycles. The predicted octanol–water partition coefficient (Wildman–Crippen LogP) is 14.6. The van der Waals surface area contributed by atoms with Crippen LogP contribution in [0.4, 0.5) is 17.1 Å². The van der Waals surface area contributed by atoms with Crippen molar-refractivity contribution in [2.45, 2.75) is 5.41 Å². The van der Waals surface area contributed by atoms with Gasteiger partial charge in [-0.15, -0.1) is 0 Å². The average Bonchev–Trinajstić information content (AvgIpc) is 3.93. The van der Waals surface area contributed by atoms with Crippen LogP contribution >= 0.6 is 7.14 Å². The van der Waals surface area contributed by atoms with E-state index in [0.29, 0.717) is 5.58 Å². The number of hydrogen-bond acceptors (Lipinski definition) is 4. The van der Waals surface area contributed by atoms with Crippen LogP contribution in [0.5, 0.6) is 11.5 Å². The van der Waals surface area contributed by atoms with E-state index < -0.39 is 12.6 Å². The second-order valence-electron chi connectivity index (χ2n) is 17.5. The Balaban J connectivity index is 1.03. The van der Waals surface area contributed by atoms with Crippen molar-refractivity contribution >= 4 is 83.9 Å². The third-order valence-corrected chi connectivity index (χ3v) is 17.2. The van der Waals surface area contributed by atoms with Gasteiger partial charge in [-0.1, -0.05) is 152 Å². The highest BCUT2D eigenvalue weighted by Crippen LogP contribution is 2.62. The molecule has 2 unspecified atom stereocenters. The summed E-state index contributed by atoms with van der Waals surface area (Å²) in [7, 11) is -3.47. The van der Waals surface area contributed by atoms with Crippen LogP contribution in [-0.2, 0) is 9.98 Å². The van der Waals surface area contributed by atoms with E-state index in [2.05, 4.69) is 191 Å². The van der Waals surface area contributed by atoms with Crippen LogP contribution in [0.3, 0.4) is 0 Å². The summed E-state index contributed by atoms with van der Waals surface area (Å²) in [5, 5.41) is 6.68. The number of benzene rings is 10. The molecular weight excluding hydrogens is 840 g/mol. The first-order chi connectivity index (χ1) is 33.1. The summed E-state index contributed by atoms with van der Waals surface area (Å²) in [6, 6.07) is 82.4. The quantitative estimate of drug-likeness (QED) is 0.162. The number of furan rings is 1. The fraction of sp³-hybridized carbons (Fsp3) is 0.0164. The summed E-state index contributed by atoms with van der Waals surface area (Å²) < 4.78 is 32.7. The molecule has 0 aliphatic carbocycles. The van der Waals surface area contributed by atoms with Gasteiger partial charge < -0.3 is 23.2 Å². The molecule has 316 valence electrons. The number of hydrogen-bond donors (Lipinski definition) is 0. The van der Waals surface area contributed by atoms with Crippen LogP contribution in [0.25, 0.3) is 49.4 Å². The summed E-state index contributed by atoms with van der Waals surface area (Å²) in [5.74, 6) is 1.50.